The van der Waals surface area contributed by atoms with E-state index in [1.54, 1.807) is 43.1 Å². The number of rotatable bonds is 8. The van der Waals surface area contributed by atoms with E-state index in [2.05, 4.69) is 15.4 Å². The standard InChI is InChI=1S/C20H21N5O4/c1-14(25-22-19(21-23-25)16-6-4-3-5-7-16)20(28)24(2)12-15-8-10-17(11-9-15)29-13-18(26)27/h3-11,14H,12-13H2,1-2H3,(H,26,27). The number of hydrogen-bond acceptors (Lipinski definition) is 6. The third kappa shape index (κ3) is 5.16. The Morgan fingerprint density at radius 1 is 1.14 bits per heavy atom. The molecule has 0 bridgehead atoms. The van der Waals surface area contributed by atoms with Gasteiger partial charge in [-0.3, -0.25) is 4.79 Å². The van der Waals surface area contributed by atoms with Crippen LogP contribution in [0.3, 0.4) is 0 Å². The summed E-state index contributed by atoms with van der Waals surface area (Å²) in [5.41, 5.74) is 1.71. The van der Waals surface area contributed by atoms with Crippen LogP contribution in [0, 0.1) is 0 Å². The SMILES string of the molecule is CC(C(=O)N(C)Cc1ccc(OCC(=O)O)cc1)n1nnc(-c2ccccc2)n1. The Labute approximate surface area is 167 Å². The van der Waals surface area contributed by atoms with Crippen molar-refractivity contribution >= 4 is 11.9 Å². The second-order valence-electron chi connectivity index (χ2n) is 6.50. The van der Waals surface area contributed by atoms with Crippen LogP contribution in [0.5, 0.6) is 5.75 Å². The van der Waals surface area contributed by atoms with Crippen molar-refractivity contribution in [2.24, 2.45) is 0 Å². The van der Waals surface area contributed by atoms with Gasteiger partial charge < -0.3 is 14.7 Å². The molecule has 1 atom stereocenters. The van der Waals surface area contributed by atoms with Crippen LogP contribution in [0.25, 0.3) is 11.4 Å². The van der Waals surface area contributed by atoms with Crippen LogP contribution in [-0.4, -0.2) is 55.7 Å². The van der Waals surface area contributed by atoms with Gasteiger partial charge in [0.05, 0.1) is 0 Å². The van der Waals surface area contributed by atoms with E-state index in [0.29, 0.717) is 18.1 Å². The number of amides is 1. The fourth-order valence-corrected chi connectivity index (χ4v) is 2.70. The first-order valence-corrected chi connectivity index (χ1v) is 8.97. The molecule has 1 aromatic heterocycles. The fraction of sp³-hybridized carbons (Fsp3) is 0.250. The van der Waals surface area contributed by atoms with Crippen molar-refractivity contribution in [2.75, 3.05) is 13.7 Å². The first kappa shape index (κ1) is 20.0. The van der Waals surface area contributed by atoms with Crippen molar-refractivity contribution in [3.8, 4) is 17.1 Å². The molecule has 3 rings (SSSR count). The summed E-state index contributed by atoms with van der Waals surface area (Å²) < 4.78 is 5.10. The Bertz CT molecular complexity index is 972. The number of tetrazole rings is 1. The zero-order chi connectivity index (χ0) is 20.8. The molecule has 0 aliphatic heterocycles. The number of nitrogens with zero attached hydrogens (tertiary/aromatic N) is 5. The zero-order valence-corrected chi connectivity index (χ0v) is 16.1. The molecule has 1 amide bonds. The van der Waals surface area contributed by atoms with Crippen LogP contribution in [-0.2, 0) is 16.1 Å². The number of benzene rings is 2. The molecular formula is C20H21N5O4. The third-order valence-corrected chi connectivity index (χ3v) is 4.25. The van der Waals surface area contributed by atoms with Crippen molar-refractivity contribution in [1.82, 2.24) is 25.1 Å². The minimum absolute atomic E-state index is 0.159. The summed E-state index contributed by atoms with van der Waals surface area (Å²) in [7, 11) is 1.70. The number of hydrogen-bond donors (Lipinski definition) is 1. The average Bonchev–Trinajstić information content (AvgIpc) is 3.23. The molecule has 9 heteroatoms. The van der Waals surface area contributed by atoms with E-state index < -0.39 is 18.6 Å². The maximum Gasteiger partial charge on any atom is 0.341 e. The summed E-state index contributed by atoms with van der Waals surface area (Å²) in [6.07, 6.45) is 0. The molecule has 29 heavy (non-hydrogen) atoms. The molecule has 0 aliphatic carbocycles. The fourth-order valence-electron chi connectivity index (χ4n) is 2.70. The van der Waals surface area contributed by atoms with Crippen molar-refractivity contribution < 1.29 is 19.4 Å². The molecule has 0 spiro atoms. The highest BCUT2D eigenvalue weighted by Gasteiger charge is 2.22. The van der Waals surface area contributed by atoms with Crippen molar-refractivity contribution in [1.29, 1.82) is 0 Å². The van der Waals surface area contributed by atoms with Gasteiger partial charge in [0.25, 0.3) is 0 Å². The number of carboxylic acids is 1. The molecule has 150 valence electrons. The molecular weight excluding hydrogens is 374 g/mol. The van der Waals surface area contributed by atoms with Crippen molar-refractivity contribution in [2.45, 2.75) is 19.5 Å². The Kier molecular flexibility index (Phi) is 6.18. The summed E-state index contributed by atoms with van der Waals surface area (Å²) in [6.45, 7) is 1.70. The summed E-state index contributed by atoms with van der Waals surface area (Å²) >= 11 is 0. The first-order chi connectivity index (χ1) is 13.9. The average molecular weight is 395 g/mol. The number of likely N-dealkylation sites (N-methyl/N-ethyl adjacent to an activating group) is 1. The van der Waals surface area contributed by atoms with Gasteiger partial charge >= 0.3 is 5.97 Å². The highest BCUT2D eigenvalue weighted by Crippen LogP contribution is 2.17. The Morgan fingerprint density at radius 3 is 2.48 bits per heavy atom. The highest BCUT2D eigenvalue weighted by molar-refractivity contribution is 5.79. The molecule has 3 aromatic rings. The Hall–Kier alpha value is -3.75. The van der Waals surface area contributed by atoms with Crippen LogP contribution in [0.15, 0.2) is 54.6 Å². The smallest absolute Gasteiger partial charge is 0.341 e. The number of carbonyl (C=O) groups is 2. The minimum atomic E-state index is -1.04. The van der Waals surface area contributed by atoms with Gasteiger partial charge in [0, 0.05) is 19.2 Å². The Morgan fingerprint density at radius 2 is 1.83 bits per heavy atom. The largest absolute Gasteiger partial charge is 0.482 e. The first-order valence-electron chi connectivity index (χ1n) is 8.97. The van der Waals surface area contributed by atoms with Crippen LogP contribution < -0.4 is 4.74 Å². The van der Waals surface area contributed by atoms with E-state index in [0.717, 1.165) is 11.1 Å². The third-order valence-electron chi connectivity index (χ3n) is 4.25. The van der Waals surface area contributed by atoms with E-state index in [1.165, 1.54) is 4.80 Å². The van der Waals surface area contributed by atoms with Crippen molar-refractivity contribution in [3.63, 3.8) is 0 Å². The van der Waals surface area contributed by atoms with Gasteiger partial charge in [-0.1, -0.05) is 42.5 Å². The molecule has 2 aromatic carbocycles. The molecule has 0 radical (unpaired) electrons. The van der Waals surface area contributed by atoms with Gasteiger partial charge in [0.1, 0.15) is 11.8 Å². The van der Waals surface area contributed by atoms with Crippen LogP contribution >= 0.6 is 0 Å². The lowest BCUT2D eigenvalue weighted by molar-refractivity contribution is -0.139. The number of aliphatic carboxylic acids is 1. The lowest BCUT2D eigenvalue weighted by Gasteiger charge is -2.20. The minimum Gasteiger partial charge on any atom is -0.482 e. The van der Waals surface area contributed by atoms with Gasteiger partial charge in [0.15, 0.2) is 6.61 Å². The van der Waals surface area contributed by atoms with Gasteiger partial charge in [0.2, 0.25) is 11.7 Å². The quantitative estimate of drug-likeness (QED) is 0.621. The van der Waals surface area contributed by atoms with E-state index in [9.17, 15) is 9.59 Å². The van der Waals surface area contributed by atoms with Gasteiger partial charge in [-0.2, -0.15) is 4.80 Å². The molecule has 1 N–H and O–H groups in total. The van der Waals surface area contributed by atoms with E-state index in [4.69, 9.17) is 9.84 Å². The van der Waals surface area contributed by atoms with E-state index in [1.807, 2.05) is 30.3 Å². The predicted octanol–water partition coefficient (Wildman–Crippen LogP) is 2.02. The molecule has 1 unspecified atom stereocenters. The summed E-state index contributed by atoms with van der Waals surface area (Å²) in [4.78, 5) is 26.2. The monoisotopic (exact) mass is 395 g/mol. The molecule has 9 nitrogen and oxygen atoms in total. The maximum absolute atomic E-state index is 12.7. The van der Waals surface area contributed by atoms with Gasteiger partial charge in [-0.25, -0.2) is 4.79 Å². The van der Waals surface area contributed by atoms with Gasteiger partial charge in [-0.05, 0) is 29.8 Å². The topological polar surface area (TPSA) is 110 Å². The van der Waals surface area contributed by atoms with E-state index in [-0.39, 0.29) is 5.91 Å². The van der Waals surface area contributed by atoms with E-state index >= 15 is 0 Å². The van der Waals surface area contributed by atoms with Crippen LogP contribution in [0.1, 0.15) is 18.5 Å². The van der Waals surface area contributed by atoms with Crippen molar-refractivity contribution in [3.05, 3.63) is 60.2 Å². The normalized spacial score (nSPS) is 11.7. The lowest BCUT2D eigenvalue weighted by atomic mass is 10.2. The highest BCUT2D eigenvalue weighted by atomic mass is 16.5. The molecule has 0 saturated carbocycles. The Balaban J connectivity index is 1.61. The number of carboxylic acid groups (broad SMARTS) is 1. The zero-order valence-electron chi connectivity index (χ0n) is 16.1. The molecule has 1 heterocycles. The second-order valence-corrected chi connectivity index (χ2v) is 6.50. The second kappa shape index (κ2) is 8.96. The van der Waals surface area contributed by atoms with Crippen LogP contribution in [0.2, 0.25) is 0 Å². The summed E-state index contributed by atoms with van der Waals surface area (Å²) in [6, 6.07) is 15.7. The number of aromatic nitrogens is 4. The van der Waals surface area contributed by atoms with Gasteiger partial charge in [-0.15, -0.1) is 10.2 Å². The van der Waals surface area contributed by atoms with Crippen LogP contribution in [0.4, 0.5) is 0 Å². The predicted molar refractivity (Wildman–Crippen MR) is 104 cm³/mol. The molecule has 0 fully saturated rings. The molecule has 0 aliphatic rings. The number of ether oxygens (including phenoxy) is 1. The number of carbonyl (C=O) groups excluding carboxylic acids is 1. The summed E-state index contributed by atoms with van der Waals surface area (Å²) in [5, 5.41) is 21.0. The maximum atomic E-state index is 12.7. The molecule has 0 saturated heterocycles. The summed E-state index contributed by atoms with van der Waals surface area (Å²) in [5.74, 6) is -0.276. The lowest BCUT2D eigenvalue weighted by Crippen LogP contribution is -2.33.